The van der Waals surface area contributed by atoms with Crippen LogP contribution in [-0.4, -0.2) is 79.3 Å². The highest BCUT2D eigenvalue weighted by atomic mass is 32.1. The van der Waals surface area contributed by atoms with E-state index in [9.17, 15) is 0 Å². The van der Waals surface area contributed by atoms with Crippen molar-refractivity contribution in [2.24, 2.45) is 0 Å². The molecule has 12 heteroatoms. The zero-order valence-electron chi connectivity index (χ0n) is 31.3. The van der Waals surface area contributed by atoms with Gasteiger partial charge in [0.2, 0.25) is 0 Å². The van der Waals surface area contributed by atoms with E-state index in [1.54, 1.807) is 0 Å². The lowest BCUT2D eigenvalue weighted by Gasteiger charge is -2.22. The molecule has 2 heterocycles. The number of benzene rings is 4. The van der Waals surface area contributed by atoms with Crippen molar-refractivity contribution in [1.82, 2.24) is 0 Å². The highest BCUT2D eigenvalue weighted by molar-refractivity contribution is 7.79. The summed E-state index contributed by atoms with van der Waals surface area (Å²) in [5, 5.41) is 0. The molecular formula is C43H52O8S4. The van der Waals surface area contributed by atoms with Crippen molar-refractivity contribution in [3.05, 3.63) is 116 Å². The van der Waals surface area contributed by atoms with E-state index >= 15 is 0 Å². The van der Waals surface area contributed by atoms with Gasteiger partial charge < -0.3 is 37.9 Å². The van der Waals surface area contributed by atoms with Gasteiger partial charge in [0.25, 0.3) is 0 Å². The molecule has 0 fully saturated rings. The van der Waals surface area contributed by atoms with Crippen LogP contribution in [-0.2, 0) is 61.2 Å². The molecule has 6 bridgehead atoms. The van der Waals surface area contributed by atoms with E-state index in [2.05, 4.69) is 79.9 Å². The smallest absolute Gasteiger partial charge is 0.126 e. The molecule has 2 aliphatic rings. The van der Waals surface area contributed by atoms with Crippen molar-refractivity contribution in [3.8, 4) is 23.0 Å². The average Bonchev–Trinajstić information content (AvgIpc) is 3.21. The summed E-state index contributed by atoms with van der Waals surface area (Å²) in [6.07, 6.45) is 1.73. The second kappa shape index (κ2) is 22.3. The van der Waals surface area contributed by atoms with E-state index in [0.717, 1.165) is 78.6 Å². The van der Waals surface area contributed by atoms with Crippen LogP contribution in [0.3, 0.4) is 0 Å². The molecule has 0 spiro atoms. The number of rotatable bonds is 4. The van der Waals surface area contributed by atoms with Gasteiger partial charge in [0.15, 0.2) is 0 Å². The maximum absolute atomic E-state index is 6.70. The summed E-state index contributed by atoms with van der Waals surface area (Å²) in [4.78, 5) is 0. The van der Waals surface area contributed by atoms with Crippen molar-refractivity contribution in [2.45, 2.75) is 42.3 Å². The van der Waals surface area contributed by atoms with Gasteiger partial charge in [-0.3, -0.25) is 0 Å². The summed E-state index contributed by atoms with van der Waals surface area (Å²) < 4.78 is 49.6. The third-order valence-electron chi connectivity index (χ3n) is 9.40. The quantitative estimate of drug-likeness (QED) is 0.156. The molecule has 2 aliphatic heterocycles. The average molecular weight is 825 g/mol. The third-order valence-corrected chi connectivity index (χ3v) is 10.9. The summed E-state index contributed by atoms with van der Waals surface area (Å²) >= 11 is 18.6. The van der Waals surface area contributed by atoms with E-state index < -0.39 is 0 Å². The first-order valence-electron chi connectivity index (χ1n) is 18.9. The van der Waals surface area contributed by atoms with E-state index in [0.29, 0.717) is 122 Å². The molecule has 296 valence electrons. The van der Waals surface area contributed by atoms with Gasteiger partial charge in [0, 0.05) is 42.3 Å². The highest BCUT2D eigenvalue weighted by Crippen LogP contribution is 2.38. The minimum atomic E-state index is 0.387. The fourth-order valence-electron chi connectivity index (χ4n) is 6.81. The molecule has 4 aromatic rings. The Bertz CT molecular complexity index is 1840. The molecule has 0 aromatic heterocycles. The minimum Gasteiger partial charge on any atom is -0.491 e. The van der Waals surface area contributed by atoms with Gasteiger partial charge in [0.05, 0.1) is 52.9 Å². The second-order valence-corrected chi connectivity index (χ2v) is 14.6. The van der Waals surface area contributed by atoms with E-state index in [1.165, 1.54) is 0 Å². The number of hydrogen-bond donors (Lipinski definition) is 4. The predicted molar refractivity (Wildman–Crippen MR) is 230 cm³/mol. The molecule has 0 amide bonds. The number of ether oxygens (including phenoxy) is 8. The topological polar surface area (TPSA) is 73.8 Å². The number of hydrogen-bond acceptors (Lipinski definition) is 12. The van der Waals surface area contributed by atoms with E-state index in [1.807, 2.05) is 6.07 Å². The molecule has 0 N–H and O–H groups in total. The maximum Gasteiger partial charge on any atom is 0.126 e. The summed E-state index contributed by atoms with van der Waals surface area (Å²) in [5.41, 5.74) is 10.6. The zero-order valence-corrected chi connectivity index (χ0v) is 34.8. The van der Waals surface area contributed by atoms with Crippen LogP contribution in [0.4, 0.5) is 0 Å². The van der Waals surface area contributed by atoms with Crippen molar-refractivity contribution in [2.75, 3.05) is 79.3 Å². The molecule has 0 saturated heterocycles. The highest BCUT2D eigenvalue weighted by Gasteiger charge is 2.21. The molecule has 0 unspecified atom stereocenters. The molecule has 8 nitrogen and oxygen atoms in total. The van der Waals surface area contributed by atoms with Crippen LogP contribution < -0.4 is 18.9 Å². The zero-order chi connectivity index (χ0) is 38.2. The fraction of sp³-hybridized carbons (Fsp3) is 0.442. The van der Waals surface area contributed by atoms with Crippen molar-refractivity contribution in [3.63, 3.8) is 0 Å². The molecular weight excluding hydrogens is 773 g/mol. The maximum atomic E-state index is 6.70. The minimum absolute atomic E-state index is 0.387. The summed E-state index contributed by atoms with van der Waals surface area (Å²) in [7, 11) is 0. The molecule has 0 saturated carbocycles. The van der Waals surface area contributed by atoms with Gasteiger partial charge in [-0.25, -0.2) is 0 Å². The molecule has 4 aromatic carbocycles. The monoisotopic (exact) mass is 824 g/mol. The first-order valence-corrected chi connectivity index (χ1v) is 21.4. The van der Waals surface area contributed by atoms with Gasteiger partial charge in [-0.05, 0) is 67.8 Å². The van der Waals surface area contributed by atoms with E-state index in [4.69, 9.17) is 63.2 Å². The lowest BCUT2D eigenvalue weighted by Crippen LogP contribution is -2.15. The first kappa shape index (κ1) is 41.9. The lowest BCUT2D eigenvalue weighted by atomic mass is 9.91. The Morgan fingerprint density at radius 2 is 0.691 bits per heavy atom. The molecule has 55 heavy (non-hydrogen) atoms. The summed E-state index contributed by atoms with van der Waals surface area (Å²) in [5.74, 6) is 5.60. The van der Waals surface area contributed by atoms with Gasteiger partial charge in [0.1, 0.15) is 49.4 Å². The Morgan fingerprint density at radius 1 is 0.327 bits per heavy atom. The molecule has 0 radical (unpaired) electrons. The normalized spacial score (nSPS) is 16.6. The lowest BCUT2D eigenvalue weighted by molar-refractivity contribution is 0.0270. The van der Waals surface area contributed by atoms with Crippen molar-refractivity contribution < 1.29 is 37.9 Å². The SMILES string of the molecule is SCc1ccc2c(c1)Cc1cc(CS)cc3c1OCCOCCOCCOc1c(cc(CS)cc1C3)Cc1ccc(CS)cc1OCCOCCOCCO2. The first-order chi connectivity index (χ1) is 27.1. The number of fused-ring (bicyclic) bond motifs is 2. The summed E-state index contributed by atoms with van der Waals surface area (Å²) in [6, 6.07) is 21.3. The Morgan fingerprint density at radius 3 is 1.18 bits per heavy atom. The Hall–Kier alpha value is -2.68. The third kappa shape index (κ3) is 12.2. The van der Waals surface area contributed by atoms with Crippen LogP contribution in [0.5, 0.6) is 23.0 Å². The Labute approximate surface area is 347 Å². The predicted octanol–water partition coefficient (Wildman–Crippen LogP) is 7.79. The van der Waals surface area contributed by atoms with Crippen LogP contribution in [0.1, 0.15) is 55.6 Å². The molecule has 0 atom stereocenters. The standard InChI is InChI=1S/C43H52O8S4/c52-26-30-2-4-40-35(17-30)24-37-19-33(29-55)21-39-25-38-20-32(28-54)18-36(42(38)50-15-11-46-7-8-47-12-16-51-43(37)39)23-34-3-1-31(27-53)22-41(34)49-14-10-45-6-5-44-9-13-48-40/h1-4,17-22,52-55H,5-16,23-29H2. The molecule has 6 rings (SSSR count). The van der Waals surface area contributed by atoms with E-state index in [-0.39, 0.29) is 0 Å². The number of thiol groups is 4. The second-order valence-electron chi connectivity index (χ2n) is 13.4. The van der Waals surface area contributed by atoms with Gasteiger partial charge in [-0.1, -0.05) is 48.5 Å². The van der Waals surface area contributed by atoms with Crippen LogP contribution in [0.15, 0.2) is 60.7 Å². The summed E-state index contributed by atoms with van der Waals surface area (Å²) in [6.45, 7) is 5.15. The van der Waals surface area contributed by atoms with Crippen molar-refractivity contribution in [1.29, 1.82) is 0 Å². The van der Waals surface area contributed by atoms with Crippen LogP contribution in [0, 0.1) is 0 Å². The Kier molecular flexibility index (Phi) is 17.0. The van der Waals surface area contributed by atoms with Gasteiger partial charge >= 0.3 is 0 Å². The van der Waals surface area contributed by atoms with Crippen LogP contribution >= 0.6 is 50.5 Å². The van der Waals surface area contributed by atoms with Crippen LogP contribution in [0.25, 0.3) is 0 Å². The fourth-order valence-corrected chi connectivity index (χ4v) is 7.56. The van der Waals surface area contributed by atoms with Crippen molar-refractivity contribution >= 4 is 50.5 Å². The van der Waals surface area contributed by atoms with Gasteiger partial charge in [-0.2, -0.15) is 50.5 Å². The largest absolute Gasteiger partial charge is 0.491 e. The van der Waals surface area contributed by atoms with Gasteiger partial charge in [-0.15, -0.1) is 0 Å². The van der Waals surface area contributed by atoms with Crippen LogP contribution in [0.2, 0.25) is 0 Å². The molecule has 0 aliphatic carbocycles. The Balaban J connectivity index is 1.49.